The van der Waals surface area contributed by atoms with Gasteiger partial charge in [0.1, 0.15) is 4.34 Å². The van der Waals surface area contributed by atoms with Crippen molar-refractivity contribution in [1.82, 2.24) is 4.90 Å². The van der Waals surface area contributed by atoms with E-state index in [1.54, 1.807) is 11.0 Å². The van der Waals surface area contributed by atoms with Crippen molar-refractivity contribution in [2.24, 2.45) is 11.3 Å². The summed E-state index contributed by atoms with van der Waals surface area (Å²) >= 11 is 13.0. The molecule has 0 bridgehead atoms. The average molecular weight is 334 g/mol. The minimum atomic E-state index is -0.152. The summed E-state index contributed by atoms with van der Waals surface area (Å²) in [6, 6.07) is 1.57. The van der Waals surface area contributed by atoms with Crippen LogP contribution in [0.25, 0.3) is 0 Å². The lowest BCUT2D eigenvalue weighted by atomic mass is 9.80. The summed E-state index contributed by atoms with van der Waals surface area (Å²) in [5.41, 5.74) is 0.477. The van der Waals surface area contributed by atoms with Crippen LogP contribution >= 0.6 is 34.5 Å². The molecule has 6 heteroatoms. The molecule has 2 rings (SSSR count). The van der Waals surface area contributed by atoms with Gasteiger partial charge in [0.15, 0.2) is 5.78 Å². The molecule has 1 atom stereocenters. The largest absolute Gasteiger partial charge is 0.335 e. The Bertz CT molecular complexity index is 548. The van der Waals surface area contributed by atoms with Crippen molar-refractivity contribution >= 4 is 46.2 Å². The quantitative estimate of drug-likeness (QED) is 0.780. The van der Waals surface area contributed by atoms with Crippen LogP contribution in [-0.2, 0) is 4.79 Å². The number of hydrogen-bond donors (Lipinski definition) is 0. The minimum absolute atomic E-state index is 0.0377. The Morgan fingerprint density at radius 3 is 2.55 bits per heavy atom. The van der Waals surface area contributed by atoms with Crippen LogP contribution in [-0.4, -0.2) is 29.7 Å². The highest BCUT2D eigenvalue weighted by Gasteiger charge is 2.37. The molecule has 0 radical (unpaired) electrons. The van der Waals surface area contributed by atoms with Crippen LogP contribution in [0.4, 0.5) is 0 Å². The van der Waals surface area contributed by atoms with E-state index in [9.17, 15) is 9.59 Å². The van der Waals surface area contributed by atoms with E-state index < -0.39 is 0 Å². The number of carbonyl (C=O) groups is 2. The minimum Gasteiger partial charge on any atom is -0.335 e. The van der Waals surface area contributed by atoms with Gasteiger partial charge in [0.05, 0.1) is 16.4 Å². The lowest BCUT2D eigenvalue weighted by Crippen LogP contribution is -2.32. The predicted octanol–water partition coefficient (Wildman–Crippen LogP) is 4.13. The van der Waals surface area contributed by atoms with E-state index in [4.69, 9.17) is 23.2 Å². The van der Waals surface area contributed by atoms with E-state index in [2.05, 4.69) is 20.8 Å². The smallest absolute Gasteiger partial charge is 0.223 e. The normalized spacial score (nSPS) is 19.8. The van der Waals surface area contributed by atoms with Gasteiger partial charge in [0.2, 0.25) is 5.91 Å². The Morgan fingerprint density at radius 1 is 1.45 bits per heavy atom. The van der Waals surface area contributed by atoms with Gasteiger partial charge >= 0.3 is 0 Å². The zero-order chi connectivity index (χ0) is 15.1. The molecule has 0 spiro atoms. The van der Waals surface area contributed by atoms with Gasteiger partial charge < -0.3 is 4.90 Å². The summed E-state index contributed by atoms with van der Waals surface area (Å²) in [6.07, 6.45) is 0.509. The predicted molar refractivity (Wildman–Crippen MR) is 82.8 cm³/mol. The summed E-state index contributed by atoms with van der Waals surface area (Å²) in [5, 5.41) is 0. The highest BCUT2D eigenvalue weighted by atomic mass is 35.5. The number of Topliss-reactive ketones (excluding diaryl/α,β-unsaturated/α-hetero) is 1. The topological polar surface area (TPSA) is 37.4 Å². The molecule has 20 heavy (non-hydrogen) atoms. The van der Waals surface area contributed by atoms with Crippen LogP contribution < -0.4 is 0 Å². The maximum Gasteiger partial charge on any atom is 0.223 e. The third-order valence-electron chi connectivity index (χ3n) is 3.73. The fourth-order valence-electron chi connectivity index (χ4n) is 2.29. The van der Waals surface area contributed by atoms with Crippen LogP contribution in [0.3, 0.4) is 0 Å². The maximum atomic E-state index is 12.2. The molecular weight excluding hydrogens is 317 g/mol. The molecule has 1 aromatic heterocycles. The molecule has 0 aliphatic carbocycles. The molecule has 1 saturated heterocycles. The van der Waals surface area contributed by atoms with Crippen molar-refractivity contribution in [2.75, 3.05) is 13.1 Å². The molecule has 1 fully saturated rings. The summed E-state index contributed by atoms with van der Waals surface area (Å²) < 4.78 is 0.873. The van der Waals surface area contributed by atoms with Crippen LogP contribution in [0.1, 0.15) is 37.6 Å². The van der Waals surface area contributed by atoms with Gasteiger partial charge in [-0.15, -0.1) is 11.3 Å². The molecule has 2 heterocycles. The second-order valence-corrected chi connectivity index (χ2v) is 8.49. The average Bonchev–Trinajstić information content (AvgIpc) is 2.82. The lowest BCUT2D eigenvalue weighted by Gasteiger charge is -2.26. The molecule has 3 nitrogen and oxygen atoms in total. The molecule has 110 valence electrons. The van der Waals surface area contributed by atoms with Gasteiger partial charge in [-0.25, -0.2) is 0 Å². The number of rotatable bonds is 3. The van der Waals surface area contributed by atoms with Gasteiger partial charge in [0.25, 0.3) is 0 Å². The van der Waals surface area contributed by atoms with Crippen LogP contribution in [0.5, 0.6) is 0 Å². The highest BCUT2D eigenvalue weighted by molar-refractivity contribution is 7.20. The Labute approximate surface area is 132 Å². The summed E-state index contributed by atoms with van der Waals surface area (Å²) in [7, 11) is 0. The first-order valence-corrected chi connectivity index (χ1v) is 8.01. The molecule has 1 aliphatic heterocycles. The third kappa shape index (κ3) is 3.35. The second kappa shape index (κ2) is 5.66. The monoisotopic (exact) mass is 333 g/mol. The van der Waals surface area contributed by atoms with E-state index in [1.165, 1.54) is 11.3 Å². The molecular formula is C14H17Cl2NO2S. The number of ketones is 1. The van der Waals surface area contributed by atoms with Crippen LogP contribution in [0.2, 0.25) is 8.67 Å². The molecule has 1 unspecified atom stereocenters. The Kier molecular flexibility index (Phi) is 4.47. The van der Waals surface area contributed by atoms with E-state index in [1.807, 2.05) is 0 Å². The van der Waals surface area contributed by atoms with E-state index >= 15 is 0 Å². The number of nitrogens with zero attached hydrogens (tertiary/aromatic N) is 1. The van der Waals surface area contributed by atoms with Crippen molar-refractivity contribution in [3.63, 3.8) is 0 Å². The zero-order valence-corrected chi connectivity index (χ0v) is 14.0. The molecule has 0 aromatic carbocycles. The molecule has 1 aliphatic rings. The first-order valence-electron chi connectivity index (χ1n) is 6.44. The van der Waals surface area contributed by atoms with Gasteiger partial charge in [-0.1, -0.05) is 44.0 Å². The first-order chi connectivity index (χ1) is 9.18. The van der Waals surface area contributed by atoms with Crippen molar-refractivity contribution in [2.45, 2.75) is 27.2 Å². The summed E-state index contributed by atoms with van der Waals surface area (Å²) in [5.74, 6) is 0.168. The number of hydrogen-bond acceptors (Lipinski definition) is 3. The first kappa shape index (κ1) is 15.8. The van der Waals surface area contributed by atoms with Gasteiger partial charge in [-0.3, -0.25) is 9.59 Å². The molecule has 0 saturated carbocycles. The van der Waals surface area contributed by atoms with Crippen LogP contribution in [0, 0.1) is 11.3 Å². The molecule has 1 aromatic rings. The van der Waals surface area contributed by atoms with Crippen LogP contribution in [0.15, 0.2) is 6.07 Å². The molecule has 0 N–H and O–H groups in total. The van der Waals surface area contributed by atoms with Gasteiger partial charge in [-0.2, -0.15) is 0 Å². The molecule has 1 amide bonds. The van der Waals surface area contributed by atoms with E-state index in [-0.39, 0.29) is 29.6 Å². The Morgan fingerprint density at radius 2 is 2.10 bits per heavy atom. The SMILES string of the molecule is CC(C)(C)C1CC(=O)N(CC(=O)c2cc(Cl)sc2Cl)C1. The fourth-order valence-corrected chi connectivity index (χ4v) is 3.79. The number of likely N-dealkylation sites (tertiary alicyclic amines) is 1. The number of thiophene rings is 1. The summed E-state index contributed by atoms with van der Waals surface area (Å²) in [4.78, 5) is 25.8. The second-order valence-electron chi connectivity index (χ2n) is 6.20. The van der Waals surface area contributed by atoms with Crippen molar-refractivity contribution < 1.29 is 9.59 Å². The van der Waals surface area contributed by atoms with Gasteiger partial charge in [-0.05, 0) is 17.4 Å². The standard InChI is InChI=1S/C14H17Cl2NO2S/c1-14(2,3)8-4-12(19)17(6-8)7-10(18)9-5-11(15)20-13(9)16/h5,8H,4,6-7H2,1-3H3. The fraction of sp³-hybridized carbons (Fsp3) is 0.571. The highest BCUT2D eigenvalue weighted by Crippen LogP contribution is 2.35. The Balaban J connectivity index is 2.06. The number of carbonyl (C=O) groups excluding carboxylic acids is 2. The Hall–Kier alpha value is -0.580. The maximum absolute atomic E-state index is 12.2. The zero-order valence-electron chi connectivity index (χ0n) is 11.7. The van der Waals surface area contributed by atoms with Crippen molar-refractivity contribution in [1.29, 1.82) is 0 Å². The van der Waals surface area contributed by atoms with Crippen molar-refractivity contribution in [3.8, 4) is 0 Å². The number of halogens is 2. The third-order valence-corrected chi connectivity index (χ3v) is 5.22. The van der Waals surface area contributed by atoms with E-state index in [0.717, 1.165) is 0 Å². The van der Waals surface area contributed by atoms with Crippen molar-refractivity contribution in [3.05, 3.63) is 20.3 Å². The van der Waals surface area contributed by atoms with E-state index in [0.29, 0.717) is 27.2 Å². The lowest BCUT2D eigenvalue weighted by molar-refractivity contribution is -0.127. The number of amides is 1. The summed E-state index contributed by atoms with van der Waals surface area (Å²) in [6.45, 7) is 7.06. The van der Waals surface area contributed by atoms with Gasteiger partial charge in [0, 0.05) is 13.0 Å².